The minimum Gasteiger partial charge on any atom is -0.482 e. The molecule has 1 aromatic carbocycles. The zero-order valence-corrected chi connectivity index (χ0v) is 12.7. The second kappa shape index (κ2) is 7.81. The first-order chi connectivity index (χ1) is 10.6. The number of aliphatic hydroxyl groups is 1. The standard InChI is InChI=1S/C17H22N2O3/c18-11-14-7-3-4-8-15(14)22-12-16(20)19-13-17(21)9-5-1-2-6-10-17/h3-4,7-8,21H,1-2,5-6,9-10,12-13H2,(H,19,20). The molecule has 0 saturated heterocycles. The molecule has 0 unspecified atom stereocenters. The van der Waals surface area contributed by atoms with E-state index >= 15 is 0 Å². The van der Waals surface area contributed by atoms with Crippen LogP contribution < -0.4 is 10.1 Å². The van der Waals surface area contributed by atoms with Crippen LogP contribution in [-0.4, -0.2) is 29.8 Å². The normalized spacial score (nSPS) is 17.1. The lowest BCUT2D eigenvalue weighted by Crippen LogP contribution is -2.44. The molecule has 1 aliphatic carbocycles. The molecule has 118 valence electrons. The fourth-order valence-electron chi connectivity index (χ4n) is 2.71. The Morgan fingerprint density at radius 2 is 1.95 bits per heavy atom. The maximum atomic E-state index is 11.9. The van der Waals surface area contributed by atoms with Crippen molar-refractivity contribution in [3.05, 3.63) is 29.8 Å². The van der Waals surface area contributed by atoms with Crippen LogP contribution in [0.3, 0.4) is 0 Å². The molecule has 2 N–H and O–H groups in total. The largest absolute Gasteiger partial charge is 0.482 e. The van der Waals surface area contributed by atoms with E-state index < -0.39 is 5.60 Å². The van der Waals surface area contributed by atoms with E-state index in [-0.39, 0.29) is 19.1 Å². The van der Waals surface area contributed by atoms with Gasteiger partial charge in [0, 0.05) is 6.54 Å². The highest BCUT2D eigenvalue weighted by Crippen LogP contribution is 2.26. The van der Waals surface area contributed by atoms with Crippen LogP contribution in [0.2, 0.25) is 0 Å². The van der Waals surface area contributed by atoms with Crippen molar-refractivity contribution < 1.29 is 14.6 Å². The lowest BCUT2D eigenvalue weighted by Gasteiger charge is -2.26. The molecule has 0 aromatic heterocycles. The van der Waals surface area contributed by atoms with Gasteiger partial charge in [-0.3, -0.25) is 4.79 Å². The average Bonchev–Trinajstić information content (AvgIpc) is 2.76. The fraction of sp³-hybridized carbons (Fsp3) is 0.529. The summed E-state index contributed by atoms with van der Waals surface area (Å²) in [6.45, 7) is 0.101. The minimum absolute atomic E-state index is 0.158. The molecule has 1 amide bonds. The Balaban J connectivity index is 1.79. The summed E-state index contributed by atoms with van der Waals surface area (Å²) in [6, 6.07) is 8.81. The molecule has 1 saturated carbocycles. The predicted molar refractivity (Wildman–Crippen MR) is 82.3 cm³/mol. The third-order valence-electron chi connectivity index (χ3n) is 4.02. The molecule has 1 aromatic rings. The van der Waals surface area contributed by atoms with E-state index in [2.05, 4.69) is 5.32 Å². The smallest absolute Gasteiger partial charge is 0.258 e. The molecule has 0 radical (unpaired) electrons. The van der Waals surface area contributed by atoms with Gasteiger partial charge in [-0.1, -0.05) is 37.8 Å². The molecule has 1 aliphatic rings. The summed E-state index contributed by atoms with van der Waals surface area (Å²) in [5, 5.41) is 22.2. The number of nitriles is 1. The van der Waals surface area contributed by atoms with E-state index in [1.807, 2.05) is 6.07 Å². The van der Waals surface area contributed by atoms with Gasteiger partial charge < -0.3 is 15.2 Å². The van der Waals surface area contributed by atoms with Crippen molar-refractivity contribution in [3.8, 4) is 11.8 Å². The number of hydrogen-bond acceptors (Lipinski definition) is 4. The number of para-hydroxylation sites is 1. The van der Waals surface area contributed by atoms with Gasteiger partial charge in [0.1, 0.15) is 11.8 Å². The Kier molecular flexibility index (Phi) is 5.79. The highest BCUT2D eigenvalue weighted by Gasteiger charge is 2.28. The molecule has 5 nitrogen and oxygen atoms in total. The zero-order chi connectivity index (χ0) is 15.8. The highest BCUT2D eigenvalue weighted by atomic mass is 16.5. The number of nitrogens with one attached hydrogen (secondary N) is 1. The number of carbonyl (C=O) groups is 1. The van der Waals surface area contributed by atoms with Crippen molar-refractivity contribution in [1.82, 2.24) is 5.32 Å². The molecule has 0 atom stereocenters. The van der Waals surface area contributed by atoms with Crippen LogP contribution in [0.4, 0.5) is 0 Å². The Labute approximate surface area is 130 Å². The van der Waals surface area contributed by atoms with Crippen molar-refractivity contribution in [2.75, 3.05) is 13.2 Å². The van der Waals surface area contributed by atoms with Crippen LogP contribution in [0.5, 0.6) is 5.75 Å². The third kappa shape index (κ3) is 4.74. The summed E-state index contributed by atoms with van der Waals surface area (Å²) in [5.41, 5.74) is -0.394. The third-order valence-corrected chi connectivity index (χ3v) is 4.02. The van der Waals surface area contributed by atoms with Crippen molar-refractivity contribution in [1.29, 1.82) is 5.26 Å². The van der Waals surface area contributed by atoms with Crippen LogP contribution in [0.1, 0.15) is 44.1 Å². The average molecular weight is 302 g/mol. The van der Waals surface area contributed by atoms with Crippen LogP contribution >= 0.6 is 0 Å². The Bertz CT molecular complexity index is 543. The van der Waals surface area contributed by atoms with E-state index in [4.69, 9.17) is 10.00 Å². The Morgan fingerprint density at radius 1 is 1.27 bits per heavy atom. The number of hydrogen-bond donors (Lipinski definition) is 2. The molecule has 2 rings (SSSR count). The number of carbonyl (C=O) groups excluding carboxylic acids is 1. The number of amides is 1. The van der Waals surface area contributed by atoms with Gasteiger partial charge in [-0.15, -0.1) is 0 Å². The van der Waals surface area contributed by atoms with Gasteiger partial charge in [0.05, 0.1) is 11.2 Å². The maximum Gasteiger partial charge on any atom is 0.258 e. The molecular formula is C17H22N2O3. The summed E-state index contributed by atoms with van der Waals surface area (Å²) in [4.78, 5) is 11.9. The second-order valence-electron chi connectivity index (χ2n) is 5.81. The van der Waals surface area contributed by atoms with Crippen LogP contribution in [0, 0.1) is 11.3 Å². The molecule has 5 heteroatoms. The monoisotopic (exact) mass is 302 g/mol. The Morgan fingerprint density at radius 3 is 2.64 bits per heavy atom. The minimum atomic E-state index is -0.795. The Hall–Kier alpha value is -2.06. The van der Waals surface area contributed by atoms with E-state index in [1.54, 1.807) is 24.3 Å². The highest BCUT2D eigenvalue weighted by molar-refractivity contribution is 5.77. The lowest BCUT2D eigenvalue weighted by molar-refractivity contribution is -0.124. The summed E-state index contributed by atoms with van der Waals surface area (Å²) < 4.78 is 5.37. The lowest BCUT2D eigenvalue weighted by atomic mass is 9.94. The van der Waals surface area contributed by atoms with E-state index in [0.717, 1.165) is 38.5 Å². The van der Waals surface area contributed by atoms with Crippen molar-refractivity contribution in [2.24, 2.45) is 0 Å². The number of ether oxygens (including phenoxy) is 1. The first kappa shape index (κ1) is 16.3. The van der Waals surface area contributed by atoms with Gasteiger partial charge in [-0.25, -0.2) is 0 Å². The fourth-order valence-corrected chi connectivity index (χ4v) is 2.71. The summed E-state index contributed by atoms with van der Waals surface area (Å²) >= 11 is 0. The molecular weight excluding hydrogens is 280 g/mol. The quantitative estimate of drug-likeness (QED) is 0.816. The van der Waals surface area contributed by atoms with Crippen molar-refractivity contribution in [3.63, 3.8) is 0 Å². The van der Waals surface area contributed by atoms with Gasteiger partial charge in [-0.2, -0.15) is 5.26 Å². The van der Waals surface area contributed by atoms with Crippen LogP contribution in [0.15, 0.2) is 24.3 Å². The first-order valence-corrected chi connectivity index (χ1v) is 7.74. The molecule has 0 heterocycles. The van der Waals surface area contributed by atoms with Crippen molar-refractivity contribution >= 4 is 5.91 Å². The van der Waals surface area contributed by atoms with E-state index in [0.29, 0.717) is 11.3 Å². The summed E-state index contributed by atoms with van der Waals surface area (Å²) in [7, 11) is 0. The van der Waals surface area contributed by atoms with Crippen molar-refractivity contribution in [2.45, 2.75) is 44.1 Å². The van der Waals surface area contributed by atoms with E-state index in [1.165, 1.54) is 0 Å². The van der Waals surface area contributed by atoms with Gasteiger partial charge in [-0.05, 0) is 25.0 Å². The number of benzene rings is 1. The van der Waals surface area contributed by atoms with Crippen LogP contribution in [0.25, 0.3) is 0 Å². The van der Waals surface area contributed by atoms with Gasteiger partial charge in [0.25, 0.3) is 5.91 Å². The molecule has 0 spiro atoms. The SMILES string of the molecule is N#Cc1ccccc1OCC(=O)NCC1(O)CCCCCC1. The van der Waals surface area contributed by atoms with Crippen LogP contribution in [-0.2, 0) is 4.79 Å². The van der Waals surface area contributed by atoms with Gasteiger partial charge in [0.2, 0.25) is 0 Å². The zero-order valence-electron chi connectivity index (χ0n) is 12.7. The van der Waals surface area contributed by atoms with Gasteiger partial charge >= 0.3 is 0 Å². The predicted octanol–water partition coefficient (Wildman–Crippen LogP) is 2.14. The molecule has 0 aliphatic heterocycles. The van der Waals surface area contributed by atoms with Gasteiger partial charge in [0.15, 0.2) is 6.61 Å². The topological polar surface area (TPSA) is 82.3 Å². The summed E-state index contributed by atoms with van der Waals surface area (Å²) in [6.07, 6.45) is 5.74. The molecule has 0 bridgehead atoms. The number of nitrogens with zero attached hydrogens (tertiary/aromatic N) is 1. The first-order valence-electron chi connectivity index (χ1n) is 7.74. The maximum absolute atomic E-state index is 11.9. The molecule has 22 heavy (non-hydrogen) atoms. The molecule has 1 fully saturated rings. The van der Waals surface area contributed by atoms with E-state index in [9.17, 15) is 9.90 Å². The second-order valence-corrected chi connectivity index (χ2v) is 5.81. The summed E-state index contributed by atoms with van der Waals surface area (Å²) in [5.74, 6) is 0.110. The number of rotatable bonds is 5.